The third-order valence-corrected chi connectivity index (χ3v) is 5.22. The third kappa shape index (κ3) is 3.18. The van der Waals surface area contributed by atoms with E-state index in [1.165, 1.54) is 11.3 Å². The van der Waals surface area contributed by atoms with Gasteiger partial charge in [-0.2, -0.15) is 0 Å². The molecule has 3 heterocycles. The third-order valence-electron chi connectivity index (χ3n) is 3.23. The van der Waals surface area contributed by atoms with Gasteiger partial charge in [0.2, 0.25) is 5.56 Å². The van der Waals surface area contributed by atoms with Crippen LogP contribution >= 0.6 is 22.7 Å². The minimum Gasteiger partial charge on any atom is -0.346 e. The second-order valence-corrected chi connectivity index (χ2v) is 6.94. The summed E-state index contributed by atoms with van der Waals surface area (Å²) < 4.78 is 0. The summed E-state index contributed by atoms with van der Waals surface area (Å²) in [6.45, 7) is 2.43. The Labute approximate surface area is 135 Å². The molecule has 0 aliphatic rings. The minimum atomic E-state index is -0.119. The lowest BCUT2D eigenvalue weighted by atomic mass is 10.1. The molecule has 6 heteroatoms. The van der Waals surface area contributed by atoms with E-state index in [2.05, 4.69) is 10.3 Å². The molecule has 3 rings (SSSR count). The van der Waals surface area contributed by atoms with Crippen LogP contribution in [0.15, 0.2) is 46.7 Å². The van der Waals surface area contributed by atoms with Gasteiger partial charge in [0.1, 0.15) is 0 Å². The van der Waals surface area contributed by atoms with E-state index < -0.39 is 0 Å². The molecule has 0 aliphatic carbocycles. The van der Waals surface area contributed by atoms with Crippen LogP contribution in [0.5, 0.6) is 0 Å². The molecule has 0 spiro atoms. The zero-order valence-electron chi connectivity index (χ0n) is 11.9. The molecule has 0 saturated carbocycles. The Morgan fingerprint density at radius 2 is 2.18 bits per heavy atom. The summed E-state index contributed by atoms with van der Waals surface area (Å²) in [5, 5.41) is 4.90. The highest BCUT2D eigenvalue weighted by Gasteiger charge is 2.11. The molecule has 112 valence electrons. The highest BCUT2D eigenvalue weighted by molar-refractivity contribution is 7.17. The molecule has 0 aromatic carbocycles. The van der Waals surface area contributed by atoms with Crippen molar-refractivity contribution in [3.8, 4) is 10.4 Å². The van der Waals surface area contributed by atoms with E-state index in [9.17, 15) is 9.59 Å². The van der Waals surface area contributed by atoms with E-state index in [1.54, 1.807) is 23.6 Å². The van der Waals surface area contributed by atoms with Crippen LogP contribution in [0, 0.1) is 6.92 Å². The van der Waals surface area contributed by atoms with Crippen molar-refractivity contribution in [1.82, 2.24) is 10.3 Å². The van der Waals surface area contributed by atoms with Gasteiger partial charge in [-0.25, -0.2) is 0 Å². The van der Waals surface area contributed by atoms with E-state index in [-0.39, 0.29) is 11.5 Å². The fraction of sp³-hybridized carbons (Fsp3) is 0.125. The number of pyridine rings is 1. The van der Waals surface area contributed by atoms with Crippen molar-refractivity contribution in [2.75, 3.05) is 0 Å². The van der Waals surface area contributed by atoms with Crippen LogP contribution < -0.4 is 10.9 Å². The lowest BCUT2D eigenvalue weighted by Gasteiger charge is -2.02. The molecule has 0 atom stereocenters. The van der Waals surface area contributed by atoms with Gasteiger partial charge >= 0.3 is 0 Å². The van der Waals surface area contributed by atoms with Crippen molar-refractivity contribution in [3.05, 3.63) is 67.6 Å². The van der Waals surface area contributed by atoms with Gasteiger partial charge in [0.15, 0.2) is 0 Å². The average Bonchev–Trinajstić information content (AvgIpc) is 3.16. The van der Waals surface area contributed by atoms with Gasteiger partial charge in [-0.05, 0) is 36.1 Å². The van der Waals surface area contributed by atoms with Gasteiger partial charge in [-0.15, -0.1) is 22.7 Å². The van der Waals surface area contributed by atoms with Gasteiger partial charge in [-0.3, -0.25) is 9.59 Å². The van der Waals surface area contributed by atoms with Crippen LogP contribution in [-0.2, 0) is 6.54 Å². The number of rotatable bonds is 4. The molecular formula is C16H14N2O2S2. The second kappa shape index (κ2) is 6.29. The molecule has 1 amide bonds. The number of H-pyrrole nitrogens is 1. The monoisotopic (exact) mass is 330 g/mol. The largest absolute Gasteiger partial charge is 0.346 e. The Morgan fingerprint density at radius 1 is 1.32 bits per heavy atom. The number of hydrogen-bond donors (Lipinski definition) is 2. The topological polar surface area (TPSA) is 62.0 Å². The maximum atomic E-state index is 12.2. The summed E-state index contributed by atoms with van der Waals surface area (Å²) >= 11 is 3.04. The van der Waals surface area contributed by atoms with E-state index in [1.807, 2.05) is 36.6 Å². The van der Waals surface area contributed by atoms with Crippen LogP contribution in [0.4, 0.5) is 0 Å². The predicted octanol–water partition coefficient (Wildman–Crippen LogP) is 3.40. The predicted molar refractivity (Wildman–Crippen MR) is 90.6 cm³/mol. The number of carbonyl (C=O) groups excluding carboxylic acids is 1. The average molecular weight is 330 g/mol. The maximum absolute atomic E-state index is 12.2. The van der Waals surface area contributed by atoms with Crippen LogP contribution in [0.1, 0.15) is 20.1 Å². The molecule has 0 saturated heterocycles. The number of hydrogen-bond acceptors (Lipinski definition) is 4. The summed E-state index contributed by atoms with van der Waals surface area (Å²) in [6.07, 6.45) is 1.69. The number of aromatic nitrogens is 1. The molecule has 3 aromatic heterocycles. The van der Waals surface area contributed by atoms with Gasteiger partial charge in [-0.1, -0.05) is 6.07 Å². The van der Waals surface area contributed by atoms with E-state index in [0.29, 0.717) is 11.4 Å². The summed E-state index contributed by atoms with van der Waals surface area (Å²) in [4.78, 5) is 28.9. The first-order chi connectivity index (χ1) is 10.6. The molecule has 0 radical (unpaired) electrons. The first kappa shape index (κ1) is 14.7. The number of thiophene rings is 2. The van der Waals surface area contributed by atoms with Gasteiger partial charge < -0.3 is 10.3 Å². The van der Waals surface area contributed by atoms with Crippen molar-refractivity contribution < 1.29 is 4.79 Å². The Balaban J connectivity index is 1.75. The molecule has 0 aliphatic heterocycles. The standard InChI is InChI=1S/C16H14N2O2S2/c1-10-7-15(19)17-9-12(10)13-4-5-14(22-13)16(20)18-8-11-3-2-6-21-11/h2-7,9H,8H2,1H3,(H,17,19)(H,18,20). The molecular weight excluding hydrogens is 316 g/mol. The molecule has 22 heavy (non-hydrogen) atoms. The van der Waals surface area contributed by atoms with Crippen molar-refractivity contribution >= 4 is 28.6 Å². The van der Waals surface area contributed by atoms with Gasteiger partial charge in [0.05, 0.1) is 11.4 Å². The Bertz CT molecular complexity index is 847. The lowest BCUT2D eigenvalue weighted by molar-refractivity contribution is 0.0955. The highest BCUT2D eigenvalue weighted by Crippen LogP contribution is 2.29. The number of aryl methyl sites for hydroxylation is 1. The van der Waals surface area contributed by atoms with Gasteiger partial charge in [0.25, 0.3) is 5.91 Å². The van der Waals surface area contributed by atoms with Crippen LogP contribution in [-0.4, -0.2) is 10.9 Å². The summed E-state index contributed by atoms with van der Waals surface area (Å²) in [5.74, 6) is -0.0771. The normalized spacial score (nSPS) is 10.6. The molecule has 2 N–H and O–H groups in total. The Morgan fingerprint density at radius 3 is 2.91 bits per heavy atom. The van der Waals surface area contributed by atoms with Crippen LogP contribution in [0.25, 0.3) is 10.4 Å². The second-order valence-electron chi connectivity index (χ2n) is 4.82. The number of nitrogens with one attached hydrogen (secondary N) is 2. The smallest absolute Gasteiger partial charge is 0.261 e. The Hall–Kier alpha value is -2.18. The van der Waals surface area contributed by atoms with E-state index in [0.717, 1.165) is 20.9 Å². The number of aromatic amines is 1. The zero-order chi connectivity index (χ0) is 15.5. The van der Waals surface area contributed by atoms with Crippen molar-refractivity contribution in [2.24, 2.45) is 0 Å². The fourth-order valence-corrected chi connectivity index (χ4v) is 3.76. The number of carbonyl (C=O) groups is 1. The first-order valence-corrected chi connectivity index (χ1v) is 8.43. The zero-order valence-corrected chi connectivity index (χ0v) is 13.5. The fourth-order valence-electron chi connectivity index (χ4n) is 2.11. The van der Waals surface area contributed by atoms with Crippen LogP contribution in [0.3, 0.4) is 0 Å². The lowest BCUT2D eigenvalue weighted by Crippen LogP contribution is -2.21. The van der Waals surface area contributed by atoms with Crippen LogP contribution in [0.2, 0.25) is 0 Å². The number of amides is 1. The molecule has 4 nitrogen and oxygen atoms in total. The summed E-state index contributed by atoms with van der Waals surface area (Å²) in [6, 6.07) is 9.24. The quantitative estimate of drug-likeness (QED) is 0.770. The SMILES string of the molecule is Cc1cc(=O)[nH]cc1-c1ccc(C(=O)NCc2cccs2)s1. The molecule has 0 unspecified atom stereocenters. The maximum Gasteiger partial charge on any atom is 0.261 e. The van der Waals surface area contributed by atoms with Crippen molar-refractivity contribution in [1.29, 1.82) is 0 Å². The Kier molecular flexibility index (Phi) is 4.22. The highest BCUT2D eigenvalue weighted by atomic mass is 32.1. The van der Waals surface area contributed by atoms with Gasteiger partial charge in [0, 0.05) is 27.6 Å². The summed E-state index contributed by atoms with van der Waals surface area (Å²) in [5.41, 5.74) is 1.73. The summed E-state index contributed by atoms with van der Waals surface area (Å²) in [7, 11) is 0. The molecule has 0 bridgehead atoms. The van der Waals surface area contributed by atoms with Crippen molar-refractivity contribution in [3.63, 3.8) is 0 Å². The minimum absolute atomic E-state index is 0.0771. The van der Waals surface area contributed by atoms with E-state index >= 15 is 0 Å². The van der Waals surface area contributed by atoms with E-state index in [4.69, 9.17) is 0 Å². The first-order valence-electron chi connectivity index (χ1n) is 6.73. The molecule has 0 fully saturated rings. The van der Waals surface area contributed by atoms with Crippen molar-refractivity contribution in [2.45, 2.75) is 13.5 Å². The molecule has 3 aromatic rings.